The maximum atomic E-state index is 6.11. The van der Waals surface area contributed by atoms with Crippen LogP contribution in [0.5, 0.6) is 0 Å². The van der Waals surface area contributed by atoms with Crippen LogP contribution in [0.15, 0.2) is 0 Å². The standard InChI is InChI=1S/C15H30N2O/c1-2-14-8-4-3-5-9-17(14)15(11-16)13-7-6-10-18-12-13/h13-15H,2-12,16H2,1H3. The van der Waals surface area contributed by atoms with Gasteiger partial charge in [0.05, 0.1) is 6.61 Å². The summed E-state index contributed by atoms with van der Waals surface area (Å²) in [5.41, 5.74) is 6.11. The van der Waals surface area contributed by atoms with Crippen LogP contribution in [0.25, 0.3) is 0 Å². The lowest BCUT2D eigenvalue weighted by molar-refractivity contribution is -0.00110. The van der Waals surface area contributed by atoms with Gasteiger partial charge in [0.1, 0.15) is 0 Å². The molecule has 0 aromatic rings. The molecule has 2 N–H and O–H groups in total. The summed E-state index contributed by atoms with van der Waals surface area (Å²) in [4.78, 5) is 2.73. The molecule has 106 valence electrons. The fourth-order valence-corrected chi connectivity index (χ4v) is 3.74. The van der Waals surface area contributed by atoms with Gasteiger partial charge in [-0.2, -0.15) is 0 Å². The summed E-state index contributed by atoms with van der Waals surface area (Å²) < 4.78 is 5.67. The first-order chi connectivity index (χ1) is 8.86. The smallest absolute Gasteiger partial charge is 0.0509 e. The zero-order chi connectivity index (χ0) is 12.8. The van der Waals surface area contributed by atoms with Crippen molar-refractivity contribution in [3.8, 4) is 0 Å². The van der Waals surface area contributed by atoms with Crippen molar-refractivity contribution in [1.82, 2.24) is 4.90 Å². The van der Waals surface area contributed by atoms with Crippen molar-refractivity contribution < 1.29 is 4.74 Å². The molecular weight excluding hydrogens is 224 g/mol. The van der Waals surface area contributed by atoms with Crippen LogP contribution in [0.2, 0.25) is 0 Å². The molecule has 3 unspecified atom stereocenters. The van der Waals surface area contributed by atoms with E-state index < -0.39 is 0 Å². The summed E-state index contributed by atoms with van der Waals surface area (Å²) in [6.07, 6.45) is 9.28. The lowest BCUT2D eigenvalue weighted by Crippen LogP contribution is -2.52. The van der Waals surface area contributed by atoms with E-state index in [2.05, 4.69) is 11.8 Å². The Morgan fingerprint density at radius 3 is 2.78 bits per heavy atom. The number of nitrogens with two attached hydrogens (primary N) is 1. The van der Waals surface area contributed by atoms with E-state index in [1.807, 2.05) is 0 Å². The summed E-state index contributed by atoms with van der Waals surface area (Å²) in [6.45, 7) is 6.25. The maximum Gasteiger partial charge on any atom is 0.0509 e. The van der Waals surface area contributed by atoms with Crippen molar-refractivity contribution in [3.05, 3.63) is 0 Å². The Bertz CT molecular complexity index is 229. The van der Waals surface area contributed by atoms with Crippen molar-refractivity contribution in [1.29, 1.82) is 0 Å². The highest BCUT2D eigenvalue weighted by Gasteiger charge is 2.32. The van der Waals surface area contributed by atoms with Crippen LogP contribution in [0.4, 0.5) is 0 Å². The molecule has 2 aliphatic heterocycles. The topological polar surface area (TPSA) is 38.5 Å². The van der Waals surface area contributed by atoms with Gasteiger partial charge in [0, 0.05) is 25.2 Å². The highest BCUT2D eigenvalue weighted by atomic mass is 16.5. The Morgan fingerprint density at radius 1 is 1.22 bits per heavy atom. The Kier molecular flexibility index (Phi) is 5.93. The molecule has 2 saturated heterocycles. The first-order valence-electron chi connectivity index (χ1n) is 7.90. The molecule has 2 aliphatic rings. The second kappa shape index (κ2) is 7.46. The number of ether oxygens (including phenoxy) is 1. The van der Waals surface area contributed by atoms with Crippen LogP contribution < -0.4 is 5.73 Å². The minimum absolute atomic E-state index is 0.549. The summed E-state index contributed by atoms with van der Waals surface area (Å²) in [5, 5.41) is 0. The summed E-state index contributed by atoms with van der Waals surface area (Å²) >= 11 is 0. The van der Waals surface area contributed by atoms with Gasteiger partial charge in [-0.3, -0.25) is 4.90 Å². The van der Waals surface area contributed by atoms with Crippen LogP contribution in [-0.4, -0.2) is 43.3 Å². The van der Waals surface area contributed by atoms with Gasteiger partial charge in [-0.1, -0.05) is 19.8 Å². The van der Waals surface area contributed by atoms with Crippen molar-refractivity contribution >= 4 is 0 Å². The van der Waals surface area contributed by atoms with Crippen molar-refractivity contribution in [2.45, 2.75) is 64.0 Å². The van der Waals surface area contributed by atoms with Crippen LogP contribution in [0.1, 0.15) is 51.9 Å². The second-order valence-electron chi connectivity index (χ2n) is 5.93. The number of hydrogen-bond acceptors (Lipinski definition) is 3. The van der Waals surface area contributed by atoms with Gasteiger partial charge in [0.25, 0.3) is 0 Å². The normalized spacial score (nSPS) is 33.0. The molecule has 0 spiro atoms. The molecule has 2 rings (SSSR count). The molecule has 3 atom stereocenters. The van der Waals surface area contributed by atoms with Crippen molar-refractivity contribution in [2.75, 3.05) is 26.3 Å². The van der Waals surface area contributed by atoms with Gasteiger partial charge in [-0.25, -0.2) is 0 Å². The van der Waals surface area contributed by atoms with E-state index in [-0.39, 0.29) is 0 Å². The molecule has 0 aliphatic carbocycles. The van der Waals surface area contributed by atoms with Crippen LogP contribution in [0, 0.1) is 5.92 Å². The third-order valence-electron chi connectivity index (χ3n) is 4.80. The average molecular weight is 254 g/mol. The Balaban J connectivity index is 2.02. The third kappa shape index (κ3) is 3.46. The molecule has 18 heavy (non-hydrogen) atoms. The predicted octanol–water partition coefficient (Wildman–Crippen LogP) is 2.39. The zero-order valence-corrected chi connectivity index (χ0v) is 11.9. The molecule has 0 radical (unpaired) electrons. The van der Waals surface area contributed by atoms with Gasteiger partial charge in [-0.15, -0.1) is 0 Å². The predicted molar refractivity (Wildman–Crippen MR) is 75.6 cm³/mol. The highest BCUT2D eigenvalue weighted by Crippen LogP contribution is 2.27. The van der Waals surface area contributed by atoms with E-state index in [4.69, 9.17) is 10.5 Å². The molecule has 0 aromatic heterocycles. The summed E-state index contributed by atoms with van der Waals surface area (Å²) in [5.74, 6) is 0.663. The Labute approximate surface area is 112 Å². The third-order valence-corrected chi connectivity index (χ3v) is 4.80. The minimum atomic E-state index is 0.549. The van der Waals surface area contributed by atoms with E-state index in [0.29, 0.717) is 12.0 Å². The van der Waals surface area contributed by atoms with Crippen LogP contribution in [-0.2, 0) is 4.74 Å². The Hall–Kier alpha value is -0.120. The van der Waals surface area contributed by atoms with Crippen LogP contribution in [0.3, 0.4) is 0 Å². The molecule has 2 heterocycles. The average Bonchev–Trinajstić information content (AvgIpc) is 2.66. The van der Waals surface area contributed by atoms with Gasteiger partial charge < -0.3 is 10.5 Å². The van der Waals surface area contributed by atoms with Gasteiger partial charge in [-0.05, 0) is 44.6 Å². The molecule has 0 bridgehead atoms. The molecule has 0 saturated carbocycles. The van der Waals surface area contributed by atoms with Gasteiger partial charge in [0.15, 0.2) is 0 Å². The summed E-state index contributed by atoms with van der Waals surface area (Å²) in [7, 11) is 0. The monoisotopic (exact) mass is 254 g/mol. The Morgan fingerprint density at radius 2 is 2.11 bits per heavy atom. The molecule has 3 heteroatoms. The van der Waals surface area contributed by atoms with Crippen molar-refractivity contribution in [3.63, 3.8) is 0 Å². The quantitative estimate of drug-likeness (QED) is 0.837. The number of likely N-dealkylation sites (tertiary alicyclic amines) is 1. The van der Waals surface area contributed by atoms with Gasteiger partial charge in [0.2, 0.25) is 0 Å². The van der Waals surface area contributed by atoms with E-state index in [1.165, 1.54) is 51.5 Å². The number of hydrogen-bond donors (Lipinski definition) is 1. The lowest BCUT2D eigenvalue weighted by Gasteiger charge is -2.41. The van der Waals surface area contributed by atoms with E-state index >= 15 is 0 Å². The van der Waals surface area contributed by atoms with Gasteiger partial charge >= 0.3 is 0 Å². The lowest BCUT2D eigenvalue weighted by atomic mass is 9.91. The maximum absolute atomic E-state index is 6.11. The van der Waals surface area contributed by atoms with E-state index in [0.717, 1.165) is 25.8 Å². The van der Waals surface area contributed by atoms with Crippen molar-refractivity contribution in [2.24, 2.45) is 11.7 Å². The minimum Gasteiger partial charge on any atom is -0.381 e. The second-order valence-corrected chi connectivity index (χ2v) is 5.93. The van der Waals surface area contributed by atoms with Crippen LogP contribution >= 0.6 is 0 Å². The molecule has 0 aromatic carbocycles. The fraction of sp³-hybridized carbons (Fsp3) is 1.00. The van der Waals surface area contributed by atoms with E-state index in [9.17, 15) is 0 Å². The fourth-order valence-electron chi connectivity index (χ4n) is 3.74. The molecule has 0 amide bonds. The molecular formula is C15H30N2O. The van der Waals surface area contributed by atoms with E-state index in [1.54, 1.807) is 0 Å². The summed E-state index contributed by atoms with van der Waals surface area (Å²) in [6, 6.07) is 1.30. The number of rotatable bonds is 4. The molecule has 3 nitrogen and oxygen atoms in total. The first-order valence-corrected chi connectivity index (χ1v) is 7.90. The number of nitrogens with zero attached hydrogens (tertiary/aromatic N) is 1. The zero-order valence-electron chi connectivity index (χ0n) is 11.9. The molecule has 2 fully saturated rings. The highest BCUT2D eigenvalue weighted by molar-refractivity contribution is 4.87. The first kappa shape index (κ1) is 14.3. The largest absolute Gasteiger partial charge is 0.381 e. The SMILES string of the molecule is CCC1CCCCCN1C(CN)C1CCCOC1.